The van der Waals surface area contributed by atoms with Gasteiger partial charge < -0.3 is 10.1 Å². The number of hydrogen-bond donors (Lipinski definition) is 1. The highest BCUT2D eigenvalue weighted by atomic mass is 16.5. The van der Waals surface area contributed by atoms with Gasteiger partial charge in [-0.15, -0.1) is 0 Å². The Kier molecular flexibility index (Phi) is 5.77. The number of rotatable bonds is 6. The molecular formula is C16H27N3O. The molecule has 1 aromatic heterocycles. The minimum absolute atomic E-state index is 0.284. The van der Waals surface area contributed by atoms with Gasteiger partial charge in [-0.05, 0) is 45.1 Å². The molecule has 0 spiro atoms. The summed E-state index contributed by atoms with van der Waals surface area (Å²) in [7, 11) is 0. The van der Waals surface area contributed by atoms with Crippen LogP contribution in [0, 0.1) is 12.8 Å². The van der Waals surface area contributed by atoms with Crippen LogP contribution in [0.5, 0.6) is 6.01 Å². The van der Waals surface area contributed by atoms with Crippen LogP contribution in [0.3, 0.4) is 0 Å². The van der Waals surface area contributed by atoms with Gasteiger partial charge in [0.1, 0.15) is 6.10 Å². The van der Waals surface area contributed by atoms with E-state index in [1.807, 2.05) is 13.1 Å². The third kappa shape index (κ3) is 4.17. The number of nitrogens with zero attached hydrogens (tertiary/aromatic N) is 2. The standard InChI is InChI=1S/C16H27N3O/c1-4-9-17-10-14-11-18-16(19-13(14)3)20-15-8-6-5-7-12(15)2/h11-12,15,17H,4-10H2,1-3H3. The molecule has 1 aliphatic rings. The Labute approximate surface area is 122 Å². The molecule has 0 saturated heterocycles. The van der Waals surface area contributed by atoms with Crippen LogP contribution in [0.25, 0.3) is 0 Å². The predicted molar refractivity (Wildman–Crippen MR) is 80.8 cm³/mol. The second-order valence-electron chi connectivity index (χ2n) is 5.86. The maximum atomic E-state index is 5.99. The Morgan fingerprint density at radius 2 is 2.15 bits per heavy atom. The van der Waals surface area contributed by atoms with Gasteiger partial charge in [-0.3, -0.25) is 0 Å². The van der Waals surface area contributed by atoms with Crippen molar-refractivity contribution in [3.8, 4) is 6.01 Å². The highest BCUT2D eigenvalue weighted by molar-refractivity contribution is 5.17. The van der Waals surface area contributed by atoms with Gasteiger partial charge in [0.2, 0.25) is 0 Å². The van der Waals surface area contributed by atoms with E-state index in [0.717, 1.165) is 37.2 Å². The molecule has 4 heteroatoms. The molecule has 4 nitrogen and oxygen atoms in total. The Morgan fingerprint density at radius 1 is 1.35 bits per heavy atom. The quantitative estimate of drug-likeness (QED) is 0.811. The molecule has 2 atom stereocenters. The van der Waals surface area contributed by atoms with Gasteiger partial charge in [-0.2, -0.15) is 0 Å². The van der Waals surface area contributed by atoms with Crippen molar-refractivity contribution in [2.24, 2.45) is 5.92 Å². The lowest BCUT2D eigenvalue weighted by Crippen LogP contribution is -2.29. The van der Waals surface area contributed by atoms with Gasteiger partial charge in [-0.1, -0.05) is 20.3 Å². The predicted octanol–water partition coefficient (Wildman–Crippen LogP) is 3.24. The number of nitrogens with one attached hydrogen (secondary N) is 1. The summed E-state index contributed by atoms with van der Waals surface area (Å²) in [5.74, 6) is 0.610. The lowest BCUT2D eigenvalue weighted by Gasteiger charge is -2.28. The molecule has 1 N–H and O–H groups in total. The van der Waals surface area contributed by atoms with Crippen molar-refractivity contribution in [3.63, 3.8) is 0 Å². The van der Waals surface area contributed by atoms with Crippen molar-refractivity contribution in [2.75, 3.05) is 6.54 Å². The maximum absolute atomic E-state index is 5.99. The van der Waals surface area contributed by atoms with Crippen LogP contribution in [0.2, 0.25) is 0 Å². The second kappa shape index (κ2) is 7.58. The fourth-order valence-electron chi connectivity index (χ4n) is 2.69. The van der Waals surface area contributed by atoms with E-state index in [9.17, 15) is 0 Å². The summed E-state index contributed by atoms with van der Waals surface area (Å²) in [5.41, 5.74) is 2.17. The summed E-state index contributed by atoms with van der Waals surface area (Å²) in [6.45, 7) is 8.32. The van der Waals surface area contributed by atoms with Gasteiger partial charge in [0.25, 0.3) is 0 Å². The van der Waals surface area contributed by atoms with Crippen molar-refractivity contribution < 1.29 is 4.74 Å². The monoisotopic (exact) mass is 277 g/mol. The van der Waals surface area contributed by atoms with Gasteiger partial charge in [-0.25, -0.2) is 9.97 Å². The summed E-state index contributed by atoms with van der Waals surface area (Å²) in [6.07, 6.45) is 8.28. The molecule has 20 heavy (non-hydrogen) atoms. The van der Waals surface area contributed by atoms with Gasteiger partial charge >= 0.3 is 6.01 Å². The van der Waals surface area contributed by atoms with Crippen LogP contribution in [-0.2, 0) is 6.54 Å². The van der Waals surface area contributed by atoms with Crippen LogP contribution >= 0.6 is 0 Å². The lowest BCUT2D eigenvalue weighted by atomic mass is 9.88. The van der Waals surface area contributed by atoms with Crippen molar-refractivity contribution in [3.05, 3.63) is 17.5 Å². The van der Waals surface area contributed by atoms with Gasteiger partial charge in [0.15, 0.2) is 0 Å². The number of aromatic nitrogens is 2. The summed E-state index contributed by atoms with van der Waals surface area (Å²) in [6, 6.07) is 0.542. The first kappa shape index (κ1) is 15.2. The summed E-state index contributed by atoms with van der Waals surface area (Å²) < 4.78 is 5.99. The lowest BCUT2D eigenvalue weighted by molar-refractivity contribution is 0.0920. The molecule has 0 bridgehead atoms. The molecule has 2 unspecified atom stereocenters. The number of hydrogen-bond acceptors (Lipinski definition) is 4. The van der Waals surface area contributed by atoms with Crippen LogP contribution < -0.4 is 10.1 Å². The van der Waals surface area contributed by atoms with E-state index in [2.05, 4.69) is 29.1 Å². The van der Waals surface area contributed by atoms with E-state index in [1.54, 1.807) is 0 Å². The fourth-order valence-corrected chi connectivity index (χ4v) is 2.69. The molecule has 0 aliphatic heterocycles. The number of aryl methyl sites for hydroxylation is 1. The van der Waals surface area contributed by atoms with Gasteiger partial charge in [0, 0.05) is 24.0 Å². The Balaban J connectivity index is 1.94. The molecule has 1 saturated carbocycles. The van der Waals surface area contributed by atoms with Crippen LogP contribution in [0.1, 0.15) is 57.2 Å². The van der Waals surface area contributed by atoms with E-state index in [-0.39, 0.29) is 6.10 Å². The molecule has 1 fully saturated rings. The van der Waals surface area contributed by atoms with Gasteiger partial charge in [0.05, 0.1) is 0 Å². The molecule has 0 amide bonds. The van der Waals surface area contributed by atoms with E-state index < -0.39 is 0 Å². The van der Waals surface area contributed by atoms with Crippen LogP contribution in [0.15, 0.2) is 6.20 Å². The average Bonchev–Trinajstić information content (AvgIpc) is 2.44. The van der Waals surface area contributed by atoms with Crippen molar-refractivity contribution in [2.45, 2.75) is 65.5 Å². The average molecular weight is 277 g/mol. The first-order valence-corrected chi connectivity index (χ1v) is 7.90. The summed E-state index contributed by atoms with van der Waals surface area (Å²) in [5, 5.41) is 3.38. The fraction of sp³-hybridized carbons (Fsp3) is 0.750. The largest absolute Gasteiger partial charge is 0.460 e. The third-order valence-corrected chi connectivity index (χ3v) is 4.09. The Hall–Kier alpha value is -1.16. The van der Waals surface area contributed by atoms with E-state index in [4.69, 9.17) is 4.74 Å². The Morgan fingerprint density at radius 3 is 2.85 bits per heavy atom. The molecule has 1 aliphatic carbocycles. The van der Waals surface area contributed by atoms with Crippen molar-refractivity contribution in [1.29, 1.82) is 0 Å². The minimum atomic E-state index is 0.284. The SMILES string of the molecule is CCCNCc1cnc(OC2CCCCC2C)nc1C. The van der Waals surface area contributed by atoms with Crippen LogP contribution in [0.4, 0.5) is 0 Å². The first-order chi connectivity index (χ1) is 9.70. The highest BCUT2D eigenvalue weighted by Gasteiger charge is 2.23. The summed E-state index contributed by atoms with van der Waals surface area (Å²) in [4.78, 5) is 8.88. The molecule has 112 valence electrons. The minimum Gasteiger partial charge on any atom is -0.460 e. The topological polar surface area (TPSA) is 47.0 Å². The molecule has 0 aromatic carbocycles. The second-order valence-corrected chi connectivity index (χ2v) is 5.86. The zero-order valence-corrected chi connectivity index (χ0v) is 13.0. The normalized spacial score (nSPS) is 22.8. The van der Waals surface area contributed by atoms with E-state index in [0.29, 0.717) is 11.9 Å². The van der Waals surface area contributed by atoms with Crippen molar-refractivity contribution >= 4 is 0 Å². The smallest absolute Gasteiger partial charge is 0.316 e. The third-order valence-electron chi connectivity index (χ3n) is 4.09. The van der Waals surface area contributed by atoms with E-state index in [1.165, 1.54) is 19.3 Å². The maximum Gasteiger partial charge on any atom is 0.316 e. The molecule has 2 rings (SSSR count). The molecular weight excluding hydrogens is 250 g/mol. The molecule has 0 radical (unpaired) electrons. The van der Waals surface area contributed by atoms with Crippen LogP contribution in [-0.4, -0.2) is 22.6 Å². The van der Waals surface area contributed by atoms with E-state index >= 15 is 0 Å². The zero-order valence-electron chi connectivity index (χ0n) is 13.0. The molecule has 1 heterocycles. The highest BCUT2D eigenvalue weighted by Crippen LogP contribution is 2.26. The summed E-state index contributed by atoms with van der Waals surface area (Å²) >= 11 is 0. The zero-order chi connectivity index (χ0) is 14.4. The first-order valence-electron chi connectivity index (χ1n) is 7.90. The molecule has 1 aromatic rings. The Bertz CT molecular complexity index is 422. The number of ether oxygens (including phenoxy) is 1. The van der Waals surface area contributed by atoms with Crippen molar-refractivity contribution in [1.82, 2.24) is 15.3 Å².